The lowest BCUT2D eigenvalue weighted by atomic mass is 9.99. The predicted molar refractivity (Wildman–Crippen MR) is 201 cm³/mol. The van der Waals surface area contributed by atoms with Crippen LogP contribution in [-0.4, -0.2) is 24.1 Å². The summed E-state index contributed by atoms with van der Waals surface area (Å²) in [5, 5.41) is 14.4. The van der Waals surface area contributed by atoms with Crippen molar-refractivity contribution in [3.8, 4) is 39.6 Å². The molecule has 0 unspecified atom stereocenters. The zero-order chi connectivity index (χ0) is 32.3. The summed E-state index contributed by atoms with van der Waals surface area (Å²) >= 11 is 0. The molecular weight excluding hydrogens is 599 g/mol. The lowest BCUT2D eigenvalue weighted by molar-refractivity contribution is 0.809. The Kier molecular flexibility index (Phi) is 6.11. The Morgan fingerprint density at radius 3 is 1.55 bits per heavy atom. The minimum Gasteiger partial charge on any atom is -0.309 e. The minimum absolute atomic E-state index is 0.850. The highest BCUT2D eigenvalue weighted by Gasteiger charge is 2.23. The molecule has 0 N–H and O–H groups in total. The minimum atomic E-state index is 0.850. The predicted octanol–water partition coefficient (Wildman–Crippen LogP) is 10.8. The second-order valence-corrected chi connectivity index (χ2v) is 12.3. The molecule has 0 atom stereocenters. The fourth-order valence-corrected chi connectivity index (χ4v) is 7.53. The molecule has 10 rings (SSSR count). The van der Waals surface area contributed by atoms with Crippen molar-refractivity contribution in [3.05, 3.63) is 176 Å². The number of benzene rings is 7. The van der Waals surface area contributed by atoms with Gasteiger partial charge in [-0.3, -0.25) is 0 Å². The van der Waals surface area contributed by atoms with Crippen LogP contribution in [0.25, 0.3) is 83.2 Å². The molecule has 0 spiro atoms. The van der Waals surface area contributed by atoms with Gasteiger partial charge in [0.05, 0.1) is 27.8 Å². The van der Waals surface area contributed by atoms with Crippen molar-refractivity contribution >= 4 is 43.6 Å². The van der Waals surface area contributed by atoms with Crippen molar-refractivity contribution in [3.63, 3.8) is 0 Å². The van der Waals surface area contributed by atoms with Gasteiger partial charge in [0, 0.05) is 44.0 Å². The first-order chi connectivity index (χ1) is 24.3. The van der Waals surface area contributed by atoms with Gasteiger partial charge in [0.1, 0.15) is 11.4 Å². The van der Waals surface area contributed by atoms with Crippen LogP contribution in [0.1, 0.15) is 0 Å². The standard InChI is InChI=1S/C44H29N5/c1-3-15-30(16-4-1)44-43(45-46-49(44)31-17-5-2-6-18-31)37-24-14-28-41-42(37)36-23-9-12-27-40(36)48(41)33-20-13-19-32(29-33)47-38-25-10-7-21-34(38)35-22-8-11-26-39(35)47/h1-29H. The highest BCUT2D eigenvalue weighted by atomic mass is 15.4. The summed E-state index contributed by atoms with van der Waals surface area (Å²) in [6.07, 6.45) is 0. The molecule has 3 aromatic heterocycles. The van der Waals surface area contributed by atoms with Crippen molar-refractivity contribution in [1.82, 2.24) is 24.1 Å². The van der Waals surface area contributed by atoms with Crippen LogP contribution in [0.15, 0.2) is 176 Å². The zero-order valence-electron chi connectivity index (χ0n) is 26.5. The molecule has 230 valence electrons. The first kappa shape index (κ1) is 27.4. The zero-order valence-corrected chi connectivity index (χ0v) is 26.5. The number of hydrogen-bond acceptors (Lipinski definition) is 2. The number of hydrogen-bond donors (Lipinski definition) is 0. The molecule has 5 nitrogen and oxygen atoms in total. The summed E-state index contributed by atoms with van der Waals surface area (Å²) in [6, 6.07) is 62.1. The molecule has 0 aliphatic rings. The summed E-state index contributed by atoms with van der Waals surface area (Å²) < 4.78 is 6.72. The van der Waals surface area contributed by atoms with Gasteiger partial charge in [-0.05, 0) is 54.6 Å². The number of rotatable bonds is 5. The number of fused-ring (bicyclic) bond motifs is 6. The second kappa shape index (κ2) is 10.9. The molecule has 7 aromatic carbocycles. The van der Waals surface area contributed by atoms with Crippen LogP contribution in [0.3, 0.4) is 0 Å². The van der Waals surface area contributed by atoms with E-state index in [1.807, 2.05) is 28.9 Å². The van der Waals surface area contributed by atoms with Gasteiger partial charge >= 0.3 is 0 Å². The number of aromatic nitrogens is 5. The summed E-state index contributed by atoms with van der Waals surface area (Å²) in [7, 11) is 0. The van der Waals surface area contributed by atoms with Gasteiger partial charge in [0.25, 0.3) is 0 Å². The maximum Gasteiger partial charge on any atom is 0.122 e. The van der Waals surface area contributed by atoms with Crippen LogP contribution in [-0.2, 0) is 0 Å². The van der Waals surface area contributed by atoms with E-state index >= 15 is 0 Å². The normalized spacial score (nSPS) is 11.7. The summed E-state index contributed by atoms with van der Waals surface area (Å²) in [5.41, 5.74) is 11.8. The number of para-hydroxylation sites is 4. The molecule has 3 heterocycles. The molecule has 0 aliphatic heterocycles. The first-order valence-electron chi connectivity index (χ1n) is 16.5. The third-order valence-corrected chi connectivity index (χ3v) is 9.60. The average molecular weight is 628 g/mol. The molecular formula is C44H29N5. The van der Waals surface area contributed by atoms with E-state index in [9.17, 15) is 0 Å². The number of nitrogens with zero attached hydrogens (tertiary/aromatic N) is 5. The van der Waals surface area contributed by atoms with Crippen molar-refractivity contribution in [1.29, 1.82) is 0 Å². The van der Waals surface area contributed by atoms with Crippen LogP contribution >= 0.6 is 0 Å². The SMILES string of the molecule is c1ccc(-c2c(-c3cccc4c3c3ccccc3n4-c3cccc(-n4c5ccccc5c5ccccc54)c3)nnn2-c2ccccc2)cc1. The van der Waals surface area contributed by atoms with E-state index in [0.717, 1.165) is 56.0 Å². The molecule has 5 heteroatoms. The maximum absolute atomic E-state index is 4.88. The van der Waals surface area contributed by atoms with Gasteiger partial charge in [-0.2, -0.15) is 0 Å². The van der Waals surface area contributed by atoms with Crippen LogP contribution in [0.2, 0.25) is 0 Å². The second-order valence-electron chi connectivity index (χ2n) is 12.3. The van der Waals surface area contributed by atoms with E-state index in [4.69, 9.17) is 10.3 Å². The molecule has 10 aromatic rings. The van der Waals surface area contributed by atoms with Gasteiger partial charge in [-0.25, -0.2) is 4.68 Å². The third-order valence-electron chi connectivity index (χ3n) is 9.60. The molecule has 49 heavy (non-hydrogen) atoms. The van der Waals surface area contributed by atoms with Gasteiger partial charge in [-0.15, -0.1) is 5.10 Å². The van der Waals surface area contributed by atoms with Crippen molar-refractivity contribution in [2.75, 3.05) is 0 Å². The molecule has 0 saturated heterocycles. The smallest absolute Gasteiger partial charge is 0.122 e. The largest absolute Gasteiger partial charge is 0.309 e. The Hall–Kier alpha value is -6.72. The van der Waals surface area contributed by atoms with Gasteiger partial charge in [0.2, 0.25) is 0 Å². The summed E-state index contributed by atoms with van der Waals surface area (Å²) in [6.45, 7) is 0. The van der Waals surface area contributed by atoms with Crippen molar-refractivity contribution in [2.24, 2.45) is 0 Å². The lowest BCUT2D eigenvalue weighted by Gasteiger charge is -2.13. The van der Waals surface area contributed by atoms with Crippen LogP contribution in [0, 0.1) is 0 Å². The Morgan fingerprint density at radius 2 is 0.878 bits per heavy atom. The van der Waals surface area contributed by atoms with E-state index in [-0.39, 0.29) is 0 Å². The van der Waals surface area contributed by atoms with E-state index in [1.165, 1.54) is 27.2 Å². The van der Waals surface area contributed by atoms with Crippen LogP contribution in [0.4, 0.5) is 0 Å². The van der Waals surface area contributed by atoms with Crippen molar-refractivity contribution in [2.45, 2.75) is 0 Å². The molecule has 0 saturated carbocycles. The topological polar surface area (TPSA) is 40.6 Å². The van der Waals surface area contributed by atoms with E-state index in [1.54, 1.807) is 0 Å². The Morgan fingerprint density at radius 1 is 0.388 bits per heavy atom. The highest BCUT2D eigenvalue weighted by molar-refractivity contribution is 6.16. The molecule has 0 fully saturated rings. The third kappa shape index (κ3) is 4.19. The monoisotopic (exact) mass is 627 g/mol. The van der Waals surface area contributed by atoms with E-state index in [2.05, 4.69) is 161 Å². The lowest BCUT2D eigenvalue weighted by Crippen LogP contribution is -1.99. The fraction of sp³-hybridized carbons (Fsp3) is 0. The Balaban J connectivity index is 1.23. The fourth-order valence-electron chi connectivity index (χ4n) is 7.53. The highest BCUT2D eigenvalue weighted by Crippen LogP contribution is 2.42. The van der Waals surface area contributed by atoms with E-state index < -0.39 is 0 Å². The summed E-state index contributed by atoms with van der Waals surface area (Å²) in [5.74, 6) is 0. The van der Waals surface area contributed by atoms with Crippen molar-refractivity contribution < 1.29 is 0 Å². The van der Waals surface area contributed by atoms with Crippen LogP contribution < -0.4 is 0 Å². The quantitative estimate of drug-likeness (QED) is 0.190. The molecule has 0 aliphatic carbocycles. The Labute approximate surface area is 282 Å². The molecule has 0 radical (unpaired) electrons. The van der Waals surface area contributed by atoms with Gasteiger partial charge in [0.15, 0.2) is 0 Å². The Bertz CT molecular complexity index is 2770. The van der Waals surface area contributed by atoms with Crippen LogP contribution in [0.5, 0.6) is 0 Å². The first-order valence-corrected chi connectivity index (χ1v) is 16.5. The maximum atomic E-state index is 4.88. The summed E-state index contributed by atoms with van der Waals surface area (Å²) in [4.78, 5) is 0. The average Bonchev–Trinajstić information content (AvgIpc) is 3.86. The molecule has 0 bridgehead atoms. The molecule has 0 amide bonds. The van der Waals surface area contributed by atoms with E-state index in [0.29, 0.717) is 0 Å². The van der Waals surface area contributed by atoms with Gasteiger partial charge in [-0.1, -0.05) is 127 Å². The van der Waals surface area contributed by atoms with Gasteiger partial charge < -0.3 is 9.13 Å².